The molecule has 3 nitrogen and oxygen atoms in total. The molecular weight excluding hydrogens is 250 g/mol. The highest BCUT2D eigenvalue weighted by Gasteiger charge is 2.07. The van der Waals surface area contributed by atoms with E-state index in [9.17, 15) is 4.79 Å². The average Bonchev–Trinajstić information content (AvgIpc) is 2.47. The molecule has 0 unspecified atom stereocenters. The number of hydrogen-bond donors (Lipinski definition) is 1. The predicted molar refractivity (Wildman–Crippen MR) is 81.5 cm³/mol. The van der Waals surface area contributed by atoms with Gasteiger partial charge in [-0.25, -0.2) is 0 Å². The fourth-order valence-electron chi connectivity index (χ4n) is 1.92. The summed E-state index contributed by atoms with van der Waals surface area (Å²) < 4.78 is 5.13. The van der Waals surface area contributed by atoms with E-state index in [0.29, 0.717) is 11.5 Å². The Balaban J connectivity index is 2.11. The Hall–Kier alpha value is -2.29. The van der Waals surface area contributed by atoms with E-state index in [1.54, 1.807) is 13.2 Å². The van der Waals surface area contributed by atoms with Crippen molar-refractivity contribution in [1.29, 1.82) is 0 Å². The molecule has 0 aromatic heterocycles. The molecule has 104 valence electrons. The van der Waals surface area contributed by atoms with Gasteiger partial charge in [0.2, 0.25) is 0 Å². The first-order chi connectivity index (χ1) is 9.60. The Bertz CT molecular complexity index is 588. The Morgan fingerprint density at radius 2 is 1.80 bits per heavy atom. The van der Waals surface area contributed by atoms with Gasteiger partial charge in [0, 0.05) is 17.3 Å². The van der Waals surface area contributed by atoms with Crippen LogP contribution in [0.2, 0.25) is 0 Å². The van der Waals surface area contributed by atoms with Gasteiger partial charge in [0.25, 0.3) is 5.91 Å². The summed E-state index contributed by atoms with van der Waals surface area (Å²) in [6, 6.07) is 15.0. The molecule has 2 aromatic carbocycles. The van der Waals surface area contributed by atoms with Crippen LogP contribution in [-0.4, -0.2) is 13.0 Å². The Morgan fingerprint density at radius 3 is 2.40 bits per heavy atom. The minimum Gasteiger partial charge on any atom is -0.497 e. The van der Waals surface area contributed by atoms with Gasteiger partial charge in [-0.1, -0.05) is 32.0 Å². The molecule has 0 saturated carbocycles. The fourth-order valence-corrected chi connectivity index (χ4v) is 1.92. The summed E-state index contributed by atoms with van der Waals surface area (Å²) in [6.07, 6.45) is 0. The zero-order chi connectivity index (χ0) is 14.5. The van der Waals surface area contributed by atoms with Crippen molar-refractivity contribution < 1.29 is 9.53 Å². The standard InChI is InChI=1S/C17H19NO2/c1-12(2)13-7-9-14(10-8-13)17(19)18-15-5-4-6-16(11-15)20-3/h4-12H,1-3H3,(H,18,19). The summed E-state index contributed by atoms with van der Waals surface area (Å²) in [6.45, 7) is 4.26. The molecule has 1 amide bonds. The van der Waals surface area contributed by atoms with Crippen LogP contribution >= 0.6 is 0 Å². The predicted octanol–water partition coefficient (Wildman–Crippen LogP) is 4.07. The molecule has 0 aliphatic rings. The molecule has 0 saturated heterocycles. The van der Waals surface area contributed by atoms with Gasteiger partial charge in [0.15, 0.2) is 0 Å². The van der Waals surface area contributed by atoms with Crippen LogP contribution in [0.3, 0.4) is 0 Å². The average molecular weight is 269 g/mol. The molecule has 1 N–H and O–H groups in total. The zero-order valence-electron chi connectivity index (χ0n) is 12.0. The Kier molecular flexibility index (Phi) is 4.41. The van der Waals surface area contributed by atoms with E-state index in [-0.39, 0.29) is 5.91 Å². The van der Waals surface area contributed by atoms with Gasteiger partial charge in [0.1, 0.15) is 5.75 Å². The lowest BCUT2D eigenvalue weighted by molar-refractivity contribution is 0.102. The molecule has 2 aromatic rings. The van der Waals surface area contributed by atoms with E-state index in [2.05, 4.69) is 19.2 Å². The molecule has 0 fully saturated rings. The third-order valence-electron chi connectivity index (χ3n) is 3.17. The lowest BCUT2D eigenvalue weighted by Crippen LogP contribution is -2.11. The molecule has 0 aliphatic carbocycles. The SMILES string of the molecule is COc1cccc(NC(=O)c2ccc(C(C)C)cc2)c1. The lowest BCUT2D eigenvalue weighted by atomic mass is 10.0. The molecule has 3 heteroatoms. The summed E-state index contributed by atoms with van der Waals surface area (Å²) in [7, 11) is 1.60. The summed E-state index contributed by atoms with van der Waals surface area (Å²) in [5.74, 6) is 1.07. The third kappa shape index (κ3) is 3.38. The number of anilines is 1. The van der Waals surface area contributed by atoms with Gasteiger partial charge in [0.05, 0.1) is 7.11 Å². The van der Waals surface area contributed by atoms with Crippen molar-refractivity contribution >= 4 is 11.6 Å². The van der Waals surface area contributed by atoms with Gasteiger partial charge < -0.3 is 10.1 Å². The smallest absolute Gasteiger partial charge is 0.255 e. The second-order valence-electron chi connectivity index (χ2n) is 4.96. The molecule has 0 spiro atoms. The molecule has 0 bridgehead atoms. The minimum atomic E-state index is -0.117. The van der Waals surface area contributed by atoms with Crippen molar-refractivity contribution in [2.75, 3.05) is 12.4 Å². The monoisotopic (exact) mass is 269 g/mol. The second-order valence-corrected chi connectivity index (χ2v) is 4.96. The van der Waals surface area contributed by atoms with E-state index in [4.69, 9.17) is 4.74 Å². The number of benzene rings is 2. The molecule has 0 radical (unpaired) electrons. The van der Waals surface area contributed by atoms with Crippen molar-refractivity contribution in [3.63, 3.8) is 0 Å². The number of amides is 1. The van der Waals surface area contributed by atoms with E-state index in [1.807, 2.05) is 42.5 Å². The second kappa shape index (κ2) is 6.24. The molecule has 0 aliphatic heterocycles. The van der Waals surface area contributed by atoms with Crippen molar-refractivity contribution in [3.05, 3.63) is 59.7 Å². The summed E-state index contributed by atoms with van der Waals surface area (Å²) >= 11 is 0. The molecule has 20 heavy (non-hydrogen) atoms. The van der Waals surface area contributed by atoms with E-state index >= 15 is 0 Å². The molecular formula is C17H19NO2. The molecule has 0 heterocycles. The van der Waals surface area contributed by atoms with Crippen LogP contribution < -0.4 is 10.1 Å². The van der Waals surface area contributed by atoms with Crippen molar-refractivity contribution in [2.24, 2.45) is 0 Å². The van der Waals surface area contributed by atoms with Gasteiger partial charge in [-0.2, -0.15) is 0 Å². The first-order valence-electron chi connectivity index (χ1n) is 6.65. The van der Waals surface area contributed by atoms with Gasteiger partial charge >= 0.3 is 0 Å². The molecule has 0 atom stereocenters. The largest absolute Gasteiger partial charge is 0.497 e. The van der Waals surface area contributed by atoms with Crippen LogP contribution in [0.1, 0.15) is 35.7 Å². The van der Waals surface area contributed by atoms with Crippen molar-refractivity contribution in [1.82, 2.24) is 0 Å². The number of methoxy groups -OCH3 is 1. The lowest BCUT2D eigenvalue weighted by Gasteiger charge is -2.09. The topological polar surface area (TPSA) is 38.3 Å². The summed E-state index contributed by atoms with van der Waals surface area (Å²) in [5.41, 5.74) is 2.60. The van der Waals surface area contributed by atoms with Crippen LogP contribution in [0.4, 0.5) is 5.69 Å². The van der Waals surface area contributed by atoms with Gasteiger partial charge in [-0.15, -0.1) is 0 Å². The number of nitrogens with one attached hydrogen (secondary N) is 1. The number of hydrogen-bond acceptors (Lipinski definition) is 2. The number of carbonyl (C=O) groups excluding carboxylic acids is 1. The van der Waals surface area contributed by atoms with E-state index in [0.717, 1.165) is 11.4 Å². The van der Waals surface area contributed by atoms with Crippen LogP contribution in [0.15, 0.2) is 48.5 Å². The highest BCUT2D eigenvalue weighted by molar-refractivity contribution is 6.04. The van der Waals surface area contributed by atoms with Crippen molar-refractivity contribution in [2.45, 2.75) is 19.8 Å². The summed E-state index contributed by atoms with van der Waals surface area (Å²) in [5, 5.41) is 2.86. The van der Waals surface area contributed by atoms with E-state index < -0.39 is 0 Å². The van der Waals surface area contributed by atoms with Crippen LogP contribution in [0.5, 0.6) is 5.75 Å². The van der Waals surface area contributed by atoms with Crippen LogP contribution in [0, 0.1) is 0 Å². The normalized spacial score (nSPS) is 10.4. The quantitative estimate of drug-likeness (QED) is 0.908. The first kappa shape index (κ1) is 14.1. The molecule has 2 rings (SSSR count). The Labute approximate surface area is 119 Å². The van der Waals surface area contributed by atoms with Gasteiger partial charge in [-0.3, -0.25) is 4.79 Å². The first-order valence-corrected chi connectivity index (χ1v) is 6.65. The zero-order valence-corrected chi connectivity index (χ0v) is 12.0. The maximum Gasteiger partial charge on any atom is 0.255 e. The van der Waals surface area contributed by atoms with Crippen molar-refractivity contribution in [3.8, 4) is 5.75 Å². The number of carbonyl (C=O) groups is 1. The Morgan fingerprint density at radius 1 is 1.10 bits per heavy atom. The minimum absolute atomic E-state index is 0.117. The van der Waals surface area contributed by atoms with E-state index in [1.165, 1.54) is 5.56 Å². The highest BCUT2D eigenvalue weighted by Crippen LogP contribution is 2.18. The maximum absolute atomic E-state index is 12.1. The van der Waals surface area contributed by atoms with Gasteiger partial charge in [-0.05, 0) is 35.7 Å². The van der Waals surface area contributed by atoms with Crippen LogP contribution in [0.25, 0.3) is 0 Å². The summed E-state index contributed by atoms with van der Waals surface area (Å²) in [4.78, 5) is 12.1. The fraction of sp³-hybridized carbons (Fsp3) is 0.235. The highest BCUT2D eigenvalue weighted by atomic mass is 16.5. The maximum atomic E-state index is 12.1. The third-order valence-corrected chi connectivity index (χ3v) is 3.17. The van der Waals surface area contributed by atoms with Crippen LogP contribution in [-0.2, 0) is 0 Å². The number of ether oxygens (including phenoxy) is 1. The number of rotatable bonds is 4.